The molecule has 1 N–H and O–H groups in total. The predicted molar refractivity (Wildman–Crippen MR) is 126 cm³/mol. The van der Waals surface area contributed by atoms with Gasteiger partial charge in [-0.15, -0.1) is 11.7 Å². The summed E-state index contributed by atoms with van der Waals surface area (Å²) in [6.07, 6.45) is 1.62. The van der Waals surface area contributed by atoms with Gasteiger partial charge in [-0.1, -0.05) is 47.5 Å². The van der Waals surface area contributed by atoms with Gasteiger partial charge in [0.05, 0.1) is 6.42 Å². The first-order chi connectivity index (χ1) is 15.4. The standard InChI is InChI=1S/C24H22ClN5O2/c1-4-13-29-16(3)20(14-21(31)26-19-11-9-18(25)10-12-19)23(32)30-24(29)27-22(28-30)17-7-5-15(2)6-8-17/h4-12H,1,13-14H2,2-3H3,(H,26,31). The van der Waals surface area contributed by atoms with Gasteiger partial charge < -0.3 is 9.88 Å². The molecule has 4 aromatic rings. The zero-order chi connectivity index (χ0) is 22.8. The van der Waals surface area contributed by atoms with Gasteiger partial charge in [0.15, 0.2) is 5.82 Å². The van der Waals surface area contributed by atoms with Gasteiger partial charge in [0.2, 0.25) is 11.7 Å². The van der Waals surface area contributed by atoms with E-state index in [1.165, 1.54) is 4.52 Å². The maximum Gasteiger partial charge on any atom is 0.279 e. The van der Waals surface area contributed by atoms with Crippen LogP contribution < -0.4 is 10.9 Å². The molecule has 0 radical (unpaired) electrons. The highest BCUT2D eigenvalue weighted by Gasteiger charge is 2.20. The lowest BCUT2D eigenvalue weighted by atomic mass is 10.1. The summed E-state index contributed by atoms with van der Waals surface area (Å²) < 4.78 is 3.10. The average Bonchev–Trinajstić information content (AvgIpc) is 3.22. The number of aryl methyl sites for hydroxylation is 1. The number of fused-ring (bicyclic) bond motifs is 1. The summed E-state index contributed by atoms with van der Waals surface area (Å²) in [6.45, 7) is 8.03. The molecule has 0 aliphatic rings. The number of rotatable bonds is 6. The fraction of sp³-hybridized carbons (Fsp3) is 0.167. The monoisotopic (exact) mass is 447 g/mol. The van der Waals surface area contributed by atoms with E-state index in [-0.39, 0.29) is 17.9 Å². The van der Waals surface area contributed by atoms with E-state index in [1.54, 1.807) is 37.3 Å². The normalized spacial score (nSPS) is 11.0. The number of benzene rings is 2. The molecule has 2 heterocycles. The summed E-state index contributed by atoms with van der Waals surface area (Å²) in [5, 5.41) is 7.82. The van der Waals surface area contributed by atoms with Crippen LogP contribution in [-0.2, 0) is 17.8 Å². The molecule has 2 aromatic heterocycles. The van der Waals surface area contributed by atoms with E-state index < -0.39 is 0 Å². The molecule has 32 heavy (non-hydrogen) atoms. The molecule has 0 unspecified atom stereocenters. The van der Waals surface area contributed by atoms with Crippen molar-refractivity contribution in [3.8, 4) is 11.4 Å². The van der Waals surface area contributed by atoms with E-state index in [9.17, 15) is 9.59 Å². The number of halogens is 1. The Labute approximate surface area is 190 Å². The zero-order valence-electron chi connectivity index (χ0n) is 17.8. The minimum absolute atomic E-state index is 0.0971. The van der Waals surface area contributed by atoms with Crippen molar-refractivity contribution in [2.75, 3.05) is 5.32 Å². The fourth-order valence-corrected chi connectivity index (χ4v) is 3.61. The number of hydrogen-bond donors (Lipinski definition) is 1. The van der Waals surface area contributed by atoms with Gasteiger partial charge in [-0.05, 0) is 38.1 Å². The minimum Gasteiger partial charge on any atom is -0.326 e. The van der Waals surface area contributed by atoms with Crippen molar-refractivity contribution in [1.29, 1.82) is 0 Å². The van der Waals surface area contributed by atoms with E-state index >= 15 is 0 Å². The molecular weight excluding hydrogens is 426 g/mol. The number of carbonyl (C=O) groups excluding carboxylic acids is 1. The molecule has 2 aromatic carbocycles. The summed E-state index contributed by atoms with van der Waals surface area (Å²) >= 11 is 5.90. The molecule has 0 saturated heterocycles. The van der Waals surface area contributed by atoms with Gasteiger partial charge in [0, 0.05) is 34.1 Å². The molecule has 0 fully saturated rings. The number of nitrogens with one attached hydrogen (secondary N) is 1. The summed E-state index contributed by atoms with van der Waals surface area (Å²) in [5.41, 5.74) is 3.17. The van der Waals surface area contributed by atoms with E-state index in [4.69, 9.17) is 11.6 Å². The zero-order valence-corrected chi connectivity index (χ0v) is 18.6. The molecule has 0 spiro atoms. The van der Waals surface area contributed by atoms with E-state index in [1.807, 2.05) is 35.8 Å². The molecule has 7 nitrogen and oxygen atoms in total. The van der Waals surface area contributed by atoms with E-state index in [0.29, 0.717) is 40.1 Å². The highest BCUT2D eigenvalue weighted by Crippen LogP contribution is 2.19. The second kappa shape index (κ2) is 8.80. The van der Waals surface area contributed by atoms with Gasteiger partial charge in [-0.3, -0.25) is 9.59 Å². The summed E-state index contributed by atoms with van der Waals surface area (Å²) in [7, 11) is 0. The van der Waals surface area contributed by atoms with Crippen molar-refractivity contribution in [3.63, 3.8) is 0 Å². The Morgan fingerprint density at radius 1 is 1.12 bits per heavy atom. The first kappa shape index (κ1) is 21.5. The van der Waals surface area contributed by atoms with Crippen LogP contribution >= 0.6 is 11.6 Å². The maximum absolute atomic E-state index is 13.3. The lowest BCUT2D eigenvalue weighted by molar-refractivity contribution is -0.115. The number of aromatic nitrogens is 4. The van der Waals surface area contributed by atoms with Crippen molar-refractivity contribution in [2.45, 2.75) is 26.8 Å². The van der Waals surface area contributed by atoms with Gasteiger partial charge in [0.25, 0.3) is 5.56 Å². The molecule has 4 rings (SSSR count). The van der Waals surface area contributed by atoms with Crippen LogP contribution in [-0.4, -0.2) is 25.1 Å². The summed E-state index contributed by atoms with van der Waals surface area (Å²) in [5.74, 6) is 0.544. The predicted octanol–water partition coefficient (Wildman–Crippen LogP) is 4.20. The van der Waals surface area contributed by atoms with Crippen molar-refractivity contribution >= 4 is 29.0 Å². The second-order valence-electron chi connectivity index (χ2n) is 7.51. The number of carbonyl (C=O) groups is 1. The van der Waals surface area contributed by atoms with Crippen LogP contribution in [0.5, 0.6) is 0 Å². The number of nitrogens with zero attached hydrogens (tertiary/aromatic N) is 4. The van der Waals surface area contributed by atoms with Crippen molar-refractivity contribution < 1.29 is 4.79 Å². The smallest absolute Gasteiger partial charge is 0.279 e. The average molecular weight is 448 g/mol. The fourth-order valence-electron chi connectivity index (χ4n) is 3.49. The first-order valence-corrected chi connectivity index (χ1v) is 10.5. The van der Waals surface area contributed by atoms with Crippen LogP contribution in [0.4, 0.5) is 5.69 Å². The lowest BCUT2D eigenvalue weighted by Crippen LogP contribution is -2.29. The quantitative estimate of drug-likeness (QED) is 0.449. The SMILES string of the molecule is C=CCn1c(C)c(CC(=O)Nc2ccc(Cl)cc2)c(=O)n2nc(-c3ccc(C)cc3)nc12. The van der Waals surface area contributed by atoms with Crippen molar-refractivity contribution in [1.82, 2.24) is 19.2 Å². The Kier molecular flexibility index (Phi) is 5.92. The Morgan fingerprint density at radius 2 is 1.81 bits per heavy atom. The van der Waals surface area contributed by atoms with Crippen molar-refractivity contribution in [3.05, 3.63) is 93.4 Å². The molecule has 0 bridgehead atoms. The van der Waals surface area contributed by atoms with Crippen LogP contribution in [0.25, 0.3) is 17.2 Å². The minimum atomic E-state index is -0.366. The third-order valence-electron chi connectivity index (χ3n) is 5.21. The maximum atomic E-state index is 13.3. The third kappa shape index (κ3) is 4.20. The Hall–Kier alpha value is -3.71. The van der Waals surface area contributed by atoms with Gasteiger partial charge >= 0.3 is 0 Å². The van der Waals surface area contributed by atoms with Crippen LogP contribution in [0, 0.1) is 13.8 Å². The van der Waals surface area contributed by atoms with Crippen LogP contribution in [0.15, 0.2) is 66.0 Å². The molecule has 162 valence electrons. The second-order valence-corrected chi connectivity index (χ2v) is 7.95. The lowest BCUT2D eigenvalue weighted by Gasteiger charge is -2.14. The topological polar surface area (TPSA) is 81.3 Å². The highest BCUT2D eigenvalue weighted by molar-refractivity contribution is 6.30. The molecule has 0 atom stereocenters. The first-order valence-electron chi connectivity index (χ1n) is 10.1. The number of amides is 1. The van der Waals surface area contributed by atoms with Crippen LogP contribution in [0.1, 0.15) is 16.8 Å². The van der Waals surface area contributed by atoms with Crippen molar-refractivity contribution in [2.24, 2.45) is 0 Å². The number of allylic oxidation sites excluding steroid dienone is 1. The van der Waals surface area contributed by atoms with Crippen LogP contribution in [0.2, 0.25) is 5.02 Å². The number of hydrogen-bond acceptors (Lipinski definition) is 4. The molecule has 0 aliphatic heterocycles. The van der Waals surface area contributed by atoms with Gasteiger partial charge in [0.1, 0.15) is 0 Å². The summed E-state index contributed by atoms with van der Waals surface area (Å²) in [6, 6.07) is 14.6. The Balaban J connectivity index is 1.76. The third-order valence-corrected chi connectivity index (χ3v) is 5.46. The molecule has 0 saturated carbocycles. The van der Waals surface area contributed by atoms with Crippen LogP contribution in [0.3, 0.4) is 0 Å². The Bertz CT molecular complexity index is 1370. The van der Waals surface area contributed by atoms with Gasteiger partial charge in [-0.2, -0.15) is 9.50 Å². The Morgan fingerprint density at radius 3 is 2.47 bits per heavy atom. The largest absolute Gasteiger partial charge is 0.326 e. The molecule has 8 heteroatoms. The number of anilines is 1. The summed E-state index contributed by atoms with van der Waals surface area (Å²) in [4.78, 5) is 30.5. The molecular formula is C24H22ClN5O2. The van der Waals surface area contributed by atoms with E-state index in [0.717, 1.165) is 11.1 Å². The van der Waals surface area contributed by atoms with E-state index in [2.05, 4.69) is 22.0 Å². The molecule has 1 amide bonds. The highest BCUT2D eigenvalue weighted by atomic mass is 35.5. The molecule has 0 aliphatic carbocycles. The van der Waals surface area contributed by atoms with Gasteiger partial charge in [-0.25, -0.2) is 0 Å².